The highest BCUT2D eigenvalue weighted by Crippen LogP contribution is 2.27. The third kappa shape index (κ3) is 3.81. The number of nitrogens with one attached hydrogen (secondary N) is 1. The predicted octanol–water partition coefficient (Wildman–Crippen LogP) is 4.71. The number of carbonyl (C=O) groups excluding carboxylic acids is 1. The number of rotatable bonds is 6. The Morgan fingerprint density at radius 1 is 1.25 bits per heavy atom. The lowest BCUT2D eigenvalue weighted by Gasteiger charge is -2.23. The number of nitrogens with zero attached hydrogens (tertiary/aromatic N) is 4. The van der Waals surface area contributed by atoms with Crippen molar-refractivity contribution in [3.8, 4) is 0 Å². The third-order valence-electron chi connectivity index (χ3n) is 5.82. The largest absolute Gasteiger partial charge is 0.318 e. The number of amides is 1. The quantitative estimate of drug-likeness (QED) is 0.674. The van der Waals surface area contributed by atoms with E-state index >= 15 is 0 Å². The van der Waals surface area contributed by atoms with E-state index in [0.29, 0.717) is 12.3 Å². The van der Waals surface area contributed by atoms with Crippen molar-refractivity contribution in [3.63, 3.8) is 0 Å². The Balaban J connectivity index is 1.53. The number of imidazole rings is 1. The number of para-hydroxylation sites is 2. The van der Waals surface area contributed by atoms with Crippen LogP contribution >= 0.6 is 0 Å². The Hall–Kier alpha value is -2.63. The summed E-state index contributed by atoms with van der Waals surface area (Å²) < 4.78 is 3.96. The van der Waals surface area contributed by atoms with E-state index in [1.807, 2.05) is 53.4 Å². The van der Waals surface area contributed by atoms with E-state index in [2.05, 4.69) is 15.4 Å². The van der Waals surface area contributed by atoms with Gasteiger partial charge < -0.3 is 9.88 Å². The lowest BCUT2D eigenvalue weighted by Crippen LogP contribution is -2.27. The first-order valence-electron chi connectivity index (χ1n) is 10.4. The zero-order chi connectivity index (χ0) is 19.5. The highest BCUT2D eigenvalue weighted by Gasteiger charge is 2.23. The van der Waals surface area contributed by atoms with Gasteiger partial charge in [-0.15, -0.1) is 0 Å². The van der Waals surface area contributed by atoms with Crippen LogP contribution in [0.3, 0.4) is 0 Å². The Bertz CT molecular complexity index is 951. The summed E-state index contributed by atoms with van der Waals surface area (Å²) >= 11 is 0. The smallest absolute Gasteiger partial charge is 0.248 e. The molecule has 1 aromatic carbocycles. The van der Waals surface area contributed by atoms with Crippen LogP contribution in [-0.4, -0.2) is 25.2 Å². The first kappa shape index (κ1) is 18.7. The van der Waals surface area contributed by atoms with Crippen LogP contribution in [0.2, 0.25) is 0 Å². The normalized spacial score (nSPS) is 16.4. The van der Waals surface area contributed by atoms with Crippen molar-refractivity contribution in [2.45, 2.75) is 65.0 Å². The number of aryl methyl sites for hydroxylation is 1. The van der Waals surface area contributed by atoms with Crippen LogP contribution in [0.15, 0.2) is 36.7 Å². The van der Waals surface area contributed by atoms with Gasteiger partial charge in [0.05, 0.1) is 23.1 Å². The minimum atomic E-state index is -0.300. The van der Waals surface area contributed by atoms with Crippen molar-refractivity contribution < 1.29 is 4.79 Å². The summed E-state index contributed by atoms with van der Waals surface area (Å²) in [6, 6.07) is 9.60. The zero-order valence-electron chi connectivity index (χ0n) is 16.8. The molecule has 0 bridgehead atoms. The summed E-state index contributed by atoms with van der Waals surface area (Å²) in [5.74, 6) is 1.44. The number of hydrogen-bond donors (Lipinski definition) is 1. The van der Waals surface area contributed by atoms with Crippen LogP contribution in [0, 0.1) is 12.8 Å². The number of anilines is 1. The topological polar surface area (TPSA) is 64.7 Å². The Kier molecular flexibility index (Phi) is 5.46. The summed E-state index contributed by atoms with van der Waals surface area (Å²) in [4.78, 5) is 17.6. The summed E-state index contributed by atoms with van der Waals surface area (Å²) in [5.41, 5.74) is 2.83. The molecule has 2 aromatic heterocycles. The van der Waals surface area contributed by atoms with E-state index in [4.69, 9.17) is 0 Å². The molecule has 1 unspecified atom stereocenters. The SMILES string of the molecule is CCC(C(=O)Nc1cc(C)nn1CC1CCCCC1)n1cnc2ccccc21. The summed E-state index contributed by atoms with van der Waals surface area (Å²) in [6.45, 7) is 4.89. The van der Waals surface area contributed by atoms with Crippen molar-refractivity contribution in [1.82, 2.24) is 19.3 Å². The second-order valence-electron chi connectivity index (χ2n) is 7.91. The van der Waals surface area contributed by atoms with E-state index in [1.54, 1.807) is 6.33 Å². The van der Waals surface area contributed by atoms with Crippen molar-refractivity contribution >= 4 is 22.8 Å². The molecular formula is C22H29N5O. The molecule has 0 aliphatic heterocycles. The molecule has 1 atom stereocenters. The average Bonchev–Trinajstić information content (AvgIpc) is 3.27. The van der Waals surface area contributed by atoms with Crippen LogP contribution in [0.25, 0.3) is 11.0 Å². The number of hydrogen-bond acceptors (Lipinski definition) is 3. The first-order valence-corrected chi connectivity index (χ1v) is 10.4. The molecule has 1 amide bonds. The minimum Gasteiger partial charge on any atom is -0.318 e. The number of carbonyl (C=O) groups is 1. The Morgan fingerprint density at radius 3 is 2.82 bits per heavy atom. The molecule has 2 heterocycles. The number of fused-ring (bicyclic) bond motifs is 1. The summed E-state index contributed by atoms with van der Waals surface area (Å²) in [7, 11) is 0. The molecular weight excluding hydrogens is 350 g/mol. The summed E-state index contributed by atoms with van der Waals surface area (Å²) in [6.07, 6.45) is 8.92. The number of benzene rings is 1. The van der Waals surface area contributed by atoms with Gasteiger partial charge in [-0.1, -0.05) is 38.3 Å². The van der Waals surface area contributed by atoms with Crippen molar-refractivity contribution in [1.29, 1.82) is 0 Å². The Labute approximate surface area is 166 Å². The lowest BCUT2D eigenvalue weighted by molar-refractivity contribution is -0.119. The fraction of sp³-hybridized carbons (Fsp3) is 0.500. The van der Waals surface area contributed by atoms with Gasteiger partial charge in [0.1, 0.15) is 11.9 Å². The maximum Gasteiger partial charge on any atom is 0.248 e. The van der Waals surface area contributed by atoms with Gasteiger partial charge in [0.2, 0.25) is 5.91 Å². The Morgan fingerprint density at radius 2 is 2.04 bits per heavy atom. The predicted molar refractivity (Wildman–Crippen MR) is 111 cm³/mol. The molecule has 3 aromatic rings. The molecule has 1 aliphatic rings. The van der Waals surface area contributed by atoms with Gasteiger partial charge in [0.15, 0.2) is 0 Å². The van der Waals surface area contributed by atoms with E-state index in [1.165, 1.54) is 32.1 Å². The molecule has 0 radical (unpaired) electrons. The second kappa shape index (κ2) is 8.17. The van der Waals surface area contributed by atoms with Gasteiger partial charge in [0, 0.05) is 12.6 Å². The fourth-order valence-corrected chi connectivity index (χ4v) is 4.34. The van der Waals surface area contributed by atoms with Gasteiger partial charge in [-0.25, -0.2) is 9.67 Å². The van der Waals surface area contributed by atoms with E-state index in [0.717, 1.165) is 29.1 Å². The van der Waals surface area contributed by atoms with E-state index in [-0.39, 0.29) is 11.9 Å². The van der Waals surface area contributed by atoms with Crippen LogP contribution in [-0.2, 0) is 11.3 Å². The van der Waals surface area contributed by atoms with Gasteiger partial charge in [-0.2, -0.15) is 5.10 Å². The maximum absolute atomic E-state index is 13.1. The van der Waals surface area contributed by atoms with Gasteiger partial charge >= 0.3 is 0 Å². The lowest BCUT2D eigenvalue weighted by atomic mass is 9.89. The van der Waals surface area contributed by atoms with Gasteiger partial charge in [-0.3, -0.25) is 4.79 Å². The average molecular weight is 380 g/mol. The zero-order valence-corrected chi connectivity index (χ0v) is 16.8. The van der Waals surface area contributed by atoms with Crippen LogP contribution in [0.1, 0.15) is 57.2 Å². The maximum atomic E-state index is 13.1. The molecule has 28 heavy (non-hydrogen) atoms. The third-order valence-corrected chi connectivity index (χ3v) is 5.82. The minimum absolute atomic E-state index is 0.0181. The van der Waals surface area contributed by atoms with Crippen LogP contribution < -0.4 is 5.32 Å². The molecule has 148 valence electrons. The molecule has 4 rings (SSSR count). The van der Waals surface area contributed by atoms with E-state index < -0.39 is 0 Å². The molecule has 6 heteroatoms. The molecule has 1 saturated carbocycles. The van der Waals surface area contributed by atoms with Crippen molar-refractivity contribution in [2.75, 3.05) is 5.32 Å². The van der Waals surface area contributed by atoms with Crippen molar-refractivity contribution in [2.24, 2.45) is 5.92 Å². The molecule has 6 nitrogen and oxygen atoms in total. The number of aromatic nitrogens is 4. The molecule has 1 fully saturated rings. The highest BCUT2D eigenvalue weighted by atomic mass is 16.2. The highest BCUT2D eigenvalue weighted by molar-refractivity contribution is 5.94. The second-order valence-corrected chi connectivity index (χ2v) is 7.91. The molecule has 1 aliphatic carbocycles. The first-order chi connectivity index (χ1) is 13.7. The molecule has 1 N–H and O–H groups in total. The molecule has 0 saturated heterocycles. The van der Waals surface area contributed by atoms with E-state index in [9.17, 15) is 4.79 Å². The monoisotopic (exact) mass is 379 g/mol. The van der Waals surface area contributed by atoms with Gasteiger partial charge in [-0.05, 0) is 44.2 Å². The molecule has 0 spiro atoms. The van der Waals surface area contributed by atoms with Gasteiger partial charge in [0.25, 0.3) is 0 Å². The van der Waals surface area contributed by atoms with Crippen LogP contribution in [0.5, 0.6) is 0 Å². The fourth-order valence-electron chi connectivity index (χ4n) is 4.34. The summed E-state index contributed by atoms with van der Waals surface area (Å²) in [5, 5.41) is 7.78. The van der Waals surface area contributed by atoms with Crippen LogP contribution in [0.4, 0.5) is 5.82 Å². The van der Waals surface area contributed by atoms with Crippen molar-refractivity contribution in [3.05, 3.63) is 42.4 Å². The standard InChI is InChI=1S/C22H29N5O/c1-3-19(26-15-23-18-11-7-8-12-20(18)26)22(28)24-21-13-16(2)25-27(21)14-17-9-5-4-6-10-17/h7-8,11-13,15,17,19H,3-6,9-10,14H2,1-2H3,(H,24,28).